The van der Waals surface area contributed by atoms with Crippen molar-refractivity contribution < 1.29 is 5.11 Å². The van der Waals surface area contributed by atoms with Gasteiger partial charge in [0, 0.05) is 24.7 Å². The van der Waals surface area contributed by atoms with Gasteiger partial charge in [0.25, 0.3) is 0 Å². The van der Waals surface area contributed by atoms with E-state index < -0.39 is 0 Å². The van der Waals surface area contributed by atoms with Gasteiger partial charge in [-0.2, -0.15) is 0 Å². The average molecular weight is 268 g/mol. The van der Waals surface area contributed by atoms with Gasteiger partial charge in [-0.1, -0.05) is 20.3 Å². The van der Waals surface area contributed by atoms with Crippen LogP contribution in [0.15, 0.2) is 0 Å². The number of rotatable bonds is 5. The fourth-order valence-electron chi connectivity index (χ4n) is 4.07. The minimum Gasteiger partial charge on any atom is -0.395 e. The Hall–Kier alpha value is -0.120. The first-order valence-corrected chi connectivity index (χ1v) is 8.35. The first kappa shape index (κ1) is 15.3. The number of aliphatic hydroxyl groups excluding tert-OH is 1. The predicted molar refractivity (Wildman–Crippen MR) is 80.4 cm³/mol. The molecule has 2 heterocycles. The Morgan fingerprint density at radius 1 is 1.00 bits per heavy atom. The van der Waals surface area contributed by atoms with Crippen molar-refractivity contribution in [3.05, 3.63) is 0 Å². The molecular formula is C16H32N2O. The van der Waals surface area contributed by atoms with Crippen LogP contribution < -0.4 is 0 Å². The Morgan fingerprint density at radius 2 is 1.63 bits per heavy atom. The lowest BCUT2D eigenvalue weighted by atomic mass is 9.81. The van der Waals surface area contributed by atoms with Crippen molar-refractivity contribution in [2.75, 3.05) is 32.8 Å². The van der Waals surface area contributed by atoms with E-state index in [4.69, 9.17) is 0 Å². The van der Waals surface area contributed by atoms with E-state index in [9.17, 15) is 5.11 Å². The molecule has 112 valence electrons. The van der Waals surface area contributed by atoms with Crippen LogP contribution >= 0.6 is 0 Å². The van der Waals surface area contributed by atoms with E-state index in [2.05, 4.69) is 23.6 Å². The number of hydrogen-bond acceptors (Lipinski definition) is 3. The summed E-state index contributed by atoms with van der Waals surface area (Å²) in [5, 5.41) is 9.46. The van der Waals surface area contributed by atoms with E-state index in [0.717, 1.165) is 6.42 Å². The minimum atomic E-state index is 0.319. The Balaban J connectivity index is 1.94. The molecule has 1 atom stereocenters. The standard InChI is InChI=1S/C16H32N2O/c1-3-15(14-19)17-12-8-16(4-2,9-13-17)18-10-6-5-7-11-18/h15,19H,3-14H2,1-2H3. The molecule has 19 heavy (non-hydrogen) atoms. The number of likely N-dealkylation sites (tertiary alicyclic amines) is 2. The molecule has 0 aromatic rings. The minimum absolute atomic E-state index is 0.319. The largest absolute Gasteiger partial charge is 0.395 e. The third kappa shape index (κ3) is 3.32. The van der Waals surface area contributed by atoms with Crippen molar-refractivity contribution in [1.82, 2.24) is 9.80 Å². The highest BCUT2D eigenvalue weighted by molar-refractivity contribution is 4.96. The summed E-state index contributed by atoms with van der Waals surface area (Å²) in [6.07, 6.45) is 9.14. The zero-order valence-corrected chi connectivity index (χ0v) is 12.9. The lowest BCUT2D eigenvalue weighted by molar-refractivity contribution is -0.0131. The van der Waals surface area contributed by atoms with Crippen molar-refractivity contribution in [3.8, 4) is 0 Å². The van der Waals surface area contributed by atoms with Crippen LogP contribution in [-0.4, -0.2) is 59.3 Å². The summed E-state index contributed by atoms with van der Waals surface area (Å²) >= 11 is 0. The molecule has 0 aromatic carbocycles. The van der Waals surface area contributed by atoms with Crippen molar-refractivity contribution in [3.63, 3.8) is 0 Å². The maximum Gasteiger partial charge on any atom is 0.0586 e. The molecule has 0 spiro atoms. The smallest absolute Gasteiger partial charge is 0.0586 e. The number of piperidine rings is 2. The molecule has 0 bridgehead atoms. The van der Waals surface area contributed by atoms with E-state index in [1.807, 2.05) is 0 Å². The van der Waals surface area contributed by atoms with Gasteiger partial charge in [-0.15, -0.1) is 0 Å². The van der Waals surface area contributed by atoms with Crippen LogP contribution in [0.4, 0.5) is 0 Å². The predicted octanol–water partition coefficient (Wildman–Crippen LogP) is 2.49. The average Bonchev–Trinajstić information content (AvgIpc) is 2.50. The molecule has 2 rings (SSSR count). The molecule has 0 aromatic heterocycles. The first-order valence-electron chi connectivity index (χ1n) is 8.35. The fraction of sp³-hybridized carbons (Fsp3) is 1.00. The van der Waals surface area contributed by atoms with Crippen LogP contribution in [0, 0.1) is 0 Å². The molecule has 2 aliphatic rings. The Kier molecular flexibility index (Phi) is 5.67. The summed E-state index contributed by atoms with van der Waals surface area (Å²) in [5.74, 6) is 0. The second-order valence-electron chi connectivity index (χ2n) is 6.41. The van der Waals surface area contributed by atoms with Crippen LogP contribution in [0.5, 0.6) is 0 Å². The van der Waals surface area contributed by atoms with Crippen molar-refractivity contribution in [2.24, 2.45) is 0 Å². The molecule has 1 N–H and O–H groups in total. The highest BCUT2D eigenvalue weighted by Gasteiger charge is 2.39. The van der Waals surface area contributed by atoms with Gasteiger partial charge >= 0.3 is 0 Å². The summed E-state index contributed by atoms with van der Waals surface area (Å²) < 4.78 is 0. The van der Waals surface area contributed by atoms with Gasteiger partial charge in [0.1, 0.15) is 0 Å². The molecule has 2 saturated heterocycles. The van der Waals surface area contributed by atoms with Gasteiger partial charge in [0.15, 0.2) is 0 Å². The van der Waals surface area contributed by atoms with Gasteiger partial charge in [-0.3, -0.25) is 9.80 Å². The Labute approximate surface area is 119 Å². The summed E-state index contributed by atoms with van der Waals surface area (Å²) in [5.41, 5.74) is 0.463. The highest BCUT2D eigenvalue weighted by Crippen LogP contribution is 2.34. The second kappa shape index (κ2) is 7.05. The normalized spacial score (nSPS) is 27.3. The topological polar surface area (TPSA) is 26.7 Å². The van der Waals surface area contributed by atoms with Gasteiger partial charge < -0.3 is 5.11 Å². The van der Waals surface area contributed by atoms with E-state index in [-0.39, 0.29) is 0 Å². The Morgan fingerprint density at radius 3 is 2.11 bits per heavy atom. The molecule has 1 unspecified atom stereocenters. The third-order valence-corrected chi connectivity index (χ3v) is 5.61. The lowest BCUT2D eigenvalue weighted by Crippen LogP contribution is -2.58. The molecule has 0 saturated carbocycles. The van der Waals surface area contributed by atoms with Crippen molar-refractivity contribution in [2.45, 2.75) is 70.4 Å². The Bertz CT molecular complexity index is 251. The number of hydrogen-bond donors (Lipinski definition) is 1. The number of aliphatic hydroxyl groups is 1. The summed E-state index contributed by atoms with van der Waals surface area (Å²) in [4.78, 5) is 5.30. The second-order valence-corrected chi connectivity index (χ2v) is 6.41. The van der Waals surface area contributed by atoms with Crippen molar-refractivity contribution >= 4 is 0 Å². The SMILES string of the molecule is CCC(CO)N1CCC(CC)(N2CCCCC2)CC1. The first-order chi connectivity index (χ1) is 9.25. The van der Waals surface area contributed by atoms with Crippen LogP contribution in [0.25, 0.3) is 0 Å². The molecule has 3 heteroatoms. The van der Waals surface area contributed by atoms with E-state index in [1.54, 1.807) is 0 Å². The van der Waals surface area contributed by atoms with Gasteiger partial charge in [-0.25, -0.2) is 0 Å². The molecule has 2 fully saturated rings. The van der Waals surface area contributed by atoms with Crippen LogP contribution in [0.2, 0.25) is 0 Å². The van der Waals surface area contributed by atoms with Crippen LogP contribution in [0.3, 0.4) is 0 Å². The van der Waals surface area contributed by atoms with Crippen LogP contribution in [0.1, 0.15) is 58.8 Å². The van der Waals surface area contributed by atoms with Gasteiger partial charge in [-0.05, 0) is 51.6 Å². The van der Waals surface area contributed by atoms with E-state index in [1.165, 1.54) is 64.7 Å². The van der Waals surface area contributed by atoms with Gasteiger partial charge in [0.2, 0.25) is 0 Å². The number of nitrogens with zero attached hydrogens (tertiary/aromatic N) is 2. The summed E-state index contributed by atoms with van der Waals surface area (Å²) in [6.45, 7) is 9.84. The quantitative estimate of drug-likeness (QED) is 0.830. The zero-order chi connectivity index (χ0) is 13.7. The molecule has 0 aliphatic carbocycles. The lowest BCUT2D eigenvalue weighted by Gasteiger charge is -2.51. The highest BCUT2D eigenvalue weighted by atomic mass is 16.3. The molecule has 0 radical (unpaired) electrons. The summed E-state index contributed by atoms with van der Waals surface area (Å²) in [7, 11) is 0. The monoisotopic (exact) mass is 268 g/mol. The van der Waals surface area contributed by atoms with E-state index in [0.29, 0.717) is 18.2 Å². The van der Waals surface area contributed by atoms with Crippen LogP contribution in [-0.2, 0) is 0 Å². The zero-order valence-electron chi connectivity index (χ0n) is 12.9. The maximum atomic E-state index is 9.46. The molecule has 2 aliphatic heterocycles. The fourth-order valence-corrected chi connectivity index (χ4v) is 4.07. The van der Waals surface area contributed by atoms with Crippen molar-refractivity contribution in [1.29, 1.82) is 0 Å². The van der Waals surface area contributed by atoms with Gasteiger partial charge in [0.05, 0.1) is 6.61 Å². The molecule has 0 amide bonds. The summed E-state index contributed by atoms with van der Waals surface area (Å²) in [6, 6.07) is 0.385. The molecule has 3 nitrogen and oxygen atoms in total. The third-order valence-electron chi connectivity index (χ3n) is 5.61. The maximum absolute atomic E-state index is 9.46. The molecular weight excluding hydrogens is 236 g/mol. The van der Waals surface area contributed by atoms with E-state index >= 15 is 0 Å².